The molecule has 0 bridgehead atoms. The predicted octanol–water partition coefficient (Wildman–Crippen LogP) is 3.04. The number of hydrogen-bond acceptors (Lipinski definition) is 2. The van der Waals surface area contributed by atoms with Gasteiger partial charge in [-0.1, -0.05) is 19.2 Å². The second-order valence-electron chi connectivity index (χ2n) is 2.50. The molecule has 0 aromatic heterocycles. The van der Waals surface area contributed by atoms with E-state index in [0.29, 0.717) is 5.75 Å². The Labute approximate surface area is 78.1 Å². The maximum absolute atomic E-state index is 5.17. The molecular weight excluding hydrogens is 164 g/mol. The molecule has 1 aromatic rings. The van der Waals surface area contributed by atoms with E-state index in [1.807, 2.05) is 19.1 Å². The molecule has 0 radical (unpaired) electrons. The van der Waals surface area contributed by atoms with Crippen molar-refractivity contribution in [2.45, 2.75) is 6.92 Å². The molecule has 0 N–H and O–H groups in total. The van der Waals surface area contributed by atoms with Crippen molar-refractivity contribution in [1.29, 1.82) is 0 Å². The Morgan fingerprint density at radius 3 is 2.46 bits per heavy atom. The van der Waals surface area contributed by atoms with Crippen molar-refractivity contribution >= 4 is 0 Å². The maximum Gasteiger partial charge on any atom is 0.133 e. The van der Waals surface area contributed by atoms with Crippen LogP contribution in [0, 0.1) is 6.92 Å². The molecule has 0 aliphatic rings. The van der Waals surface area contributed by atoms with Gasteiger partial charge in [-0.05, 0) is 18.6 Å². The van der Waals surface area contributed by atoms with Crippen LogP contribution in [0.5, 0.6) is 11.5 Å². The standard InChI is InChI=1S/C11H12O2/c1-4-12-10-7-6-9(3)11(8-10)13-5-2/h4-8H,1-2H2,3H3. The summed E-state index contributed by atoms with van der Waals surface area (Å²) in [7, 11) is 0. The van der Waals surface area contributed by atoms with E-state index in [1.54, 1.807) is 6.07 Å². The van der Waals surface area contributed by atoms with Crippen molar-refractivity contribution in [3.63, 3.8) is 0 Å². The van der Waals surface area contributed by atoms with Crippen LogP contribution in [-0.4, -0.2) is 0 Å². The Balaban J connectivity index is 2.95. The van der Waals surface area contributed by atoms with Crippen LogP contribution in [0.4, 0.5) is 0 Å². The van der Waals surface area contributed by atoms with E-state index >= 15 is 0 Å². The summed E-state index contributed by atoms with van der Waals surface area (Å²) in [5, 5.41) is 0. The maximum atomic E-state index is 5.17. The van der Waals surface area contributed by atoms with Crippen LogP contribution in [0.2, 0.25) is 0 Å². The number of aryl methyl sites for hydroxylation is 1. The van der Waals surface area contributed by atoms with Crippen molar-refractivity contribution < 1.29 is 9.47 Å². The van der Waals surface area contributed by atoms with E-state index in [4.69, 9.17) is 9.47 Å². The van der Waals surface area contributed by atoms with E-state index in [2.05, 4.69) is 13.2 Å². The molecule has 0 amide bonds. The summed E-state index contributed by atoms with van der Waals surface area (Å²) in [6, 6.07) is 5.56. The lowest BCUT2D eigenvalue weighted by Gasteiger charge is -2.06. The second kappa shape index (κ2) is 4.36. The van der Waals surface area contributed by atoms with Gasteiger partial charge in [0.1, 0.15) is 11.5 Å². The van der Waals surface area contributed by atoms with Crippen LogP contribution in [0.1, 0.15) is 5.56 Å². The Morgan fingerprint density at radius 2 is 1.85 bits per heavy atom. The molecule has 68 valence electrons. The van der Waals surface area contributed by atoms with Gasteiger partial charge in [0.2, 0.25) is 0 Å². The lowest BCUT2D eigenvalue weighted by atomic mass is 10.2. The van der Waals surface area contributed by atoms with Gasteiger partial charge >= 0.3 is 0 Å². The zero-order valence-electron chi connectivity index (χ0n) is 7.62. The van der Waals surface area contributed by atoms with Gasteiger partial charge in [-0.15, -0.1) is 0 Å². The number of benzene rings is 1. The largest absolute Gasteiger partial charge is 0.465 e. The lowest BCUT2D eigenvalue weighted by Crippen LogP contribution is -1.87. The van der Waals surface area contributed by atoms with Gasteiger partial charge < -0.3 is 9.47 Å². The summed E-state index contributed by atoms with van der Waals surface area (Å²) in [5.41, 5.74) is 1.04. The summed E-state index contributed by atoms with van der Waals surface area (Å²) in [5.74, 6) is 1.45. The fourth-order valence-corrected chi connectivity index (χ4v) is 0.967. The van der Waals surface area contributed by atoms with Crippen molar-refractivity contribution in [3.8, 4) is 11.5 Å². The fourth-order valence-electron chi connectivity index (χ4n) is 0.967. The highest BCUT2D eigenvalue weighted by Gasteiger charge is 1.99. The summed E-state index contributed by atoms with van der Waals surface area (Å²) in [4.78, 5) is 0. The number of hydrogen-bond donors (Lipinski definition) is 0. The zero-order chi connectivity index (χ0) is 9.68. The van der Waals surface area contributed by atoms with Gasteiger partial charge in [-0.25, -0.2) is 0 Å². The van der Waals surface area contributed by atoms with E-state index in [-0.39, 0.29) is 0 Å². The average Bonchev–Trinajstić information content (AvgIpc) is 2.12. The highest BCUT2D eigenvalue weighted by Crippen LogP contribution is 2.24. The van der Waals surface area contributed by atoms with Crippen LogP contribution in [0.15, 0.2) is 43.9 Å². The molecule has 0 spiro atoms. The van der Waals surface area contributed by atoms with Crippen molar-refractivity contribution in [2.75, 3.05) is 0 Å². The van der Waals surface area contributed by atoms with E-state index in [9.17, 15) is 0 Å². The Kier molecular flexibility index (Phi) is 3.15. The minimum Gasteiger partial charge on any atom is -0.465 e. The van der Waals surface area contributed by atoms with Gasteiger partial charge in [0.05, 0.1) is 12.5 Å². The molecular formula is C11H12O2. The molecule has 0 atom stereocenters. The van der Waals surface area contributed by atoms with Gasteiger partial charge in [0.25, 0.3) is 0 Å². The minimum atomic E-state index is 0.706. The second-order valence-corrected chi connectivity index (χ2v) is 2.50. The first-order chi connectivity index (χ1) is 6.27. The van der Waals surface area contributed by atoms with Crippen molar-refractivity contribution in [3.05, 3.63) is 49.4 Å². The van der Waals surface area contributed by atoms with Gasteiger partial charge in [-0.2, -0.15) is 0 Å². The van der Waals surface area contributed by atoms with Crippen molar-refractivity contribution in [2.24, 2.45) is 0 Å². The minimum absolute atomic E-state index is 0.706. The van der Waals surface area contributed by atoms with Gasteiger partial charge in [0.15, 0.2) is 0 Å². The van der Waals surface area contributed by atoms with Crippen molar-refractivity contribution in [1.82, 2.24) is 0 Å². The van der Waals surface area contributed by atoms with Gasteiger partial charge in [0, 0.05) is 6.07 Å². The fraction of sp³-hybridized carbons (Fsp3) is 0.0909. The van der Waals surface area contributed by atoms with Crippen LogP contribution in [0.3, 0.4) is 0 Å². The Morgan fingerprint density at radius 1 is 1.15 bits per heavy atom. The molecule has 0 unspecified atom stereocenters. The molecule has 0 saturated heterocycles. The van der Waals surface area contributed by atoms with Crippen LogP contribution in [0.25, 0.3) is 0 Å². The van der Waals surface area contributed by atoms with E-state index < -0.39 is 0 Å². The normalized spacial score (nSPS) is 9.00. The number of rotatable bonds is 4. The van der Waals surface area contributed by atoms with E-state index in [1.165, 1.54) is 12.5 Å². The topological polar surface area (TPSA) is 18.5 Å². The molecule has 1 aromatic carbocycles. The first kappa shape index (κ1) is 9.39. The molecule has 0 aliphatic carbocycles. The zero-order valence-corrected chi connectivity index (χ0v) is 7.62. The molecule has 2 heteroatoms. The summed E-state index contributed by atoms with van der Waals surface area (Å²) < 4.78 is 10.3. The Bertz CT molecular complexity index is 316. The van der Waals surface area contributed by atoms with Crippen LogP contribution < -0.4 is 9.47 Å². The van der Waals surface area contributed by atoms with Crippen LogP contribution in [-0.2, 0) is 0 Å². The molecule has 13 heavy (non-hydrogen) atoms. The smallest absolute Gasteiger partial charge is 0.133 e. The summed E-state index contributed by atoms with van der Waals surface area (Å²) in [6.07, 6.45) is 2.77. The first-order valence-electron chi connectivity index (χ1n) is 3.93. The molecule has 1 rings (SSSR count). The van der Waals surface area contributed by atoms with E-state index in [0.717, 1.165) is 11.3 Å². The summed E-state index contributed by atoms with van der Waals surface area (Å²) in [6.45, 7) is 8.92. The third-order valence-corrected chi connectivity index (χ3v) is 1.59. The molecule has 2 nitrogen and oxygen atoms in total. The third-order valence-electron chi connectivity index (χ3n) is 1.59. The van der Waals surface area contributed by atoms with Crippen LogP contribution >= 0.6 is 0 Å². The SMILES string of the molecule is C=COc1ccc(C)c(OC=C)c1. The molecule has 0 aliphatic heterocycles. The Hall–Kier alpha value is -1.70. The van der Waals surface area contributed by atoms with Gasteiger partial charge in [-0.3, -0.25) is 0 Å². The quantitative estimate of drug-likeness (QED) is 0.656. The lowest BCUT2D eigenvalue weighted by molar-refractivity contribution is 0.458. The highest BCUT2D eigenvalue weighted by molar-refractivity contribution is 5.40. The third kappa shape index (κ3) is 2.37. The summed E-state index contributed by atoms with van der Waals surface area (Å²) >= 11 is 0. The predicted molar refractivity (Wildman–Crippen MR) is 52.8 cm³/mol. The number of ether oxygens (including phenoxy) is 2. The molecule has 0 heterocycles. The average molecular weight is 176 g/mol. The highest BCUT2D eigenvalue weighted by atomic mass is 16.5. The first-order valence-corrected chi connectivity index (χ1v) is 3.93. The molecule has 0 saturated carbocycles. The molecule has 0 fully saturated rings. The monoisotopic (exact) mass is 176 g/mol.